The van der Waals surface area contributed by atoms with Crippen molar-refractivity contribution in [2.24, 2.45) is 5.41 Å². The van der Waals surface area contributed by atoms with E-state index in [2.05, 4.69) is 66.1 Å². The van der Waals surface area contributed by atoms with Crippen LogP contribution in [0.1, 0.15) is 47.9 Å². The molecule has 0 amide bonds. The van der Waals surface area contributed by atoms with E-state index in [0.717, 1.165) is 79.0 Å². The van der Waals surface area contributed by atoms with Crippen molar-refractivity contribution in [1.82, 2.24) is 29.0 Å². The molecule has 0 atom stereocenters. The summed E-state index contributed by atoms with van der Waals surface area (Å²) in [6.45, 7) is 8.26. The second-order valence-corrected chi connectivity index (χ2v) is 15.9. The largest absolute Gasteiger partial charge is 0.396 e. The minimum Gasteiger partial charge on any atom is -0.396 e. The molecule has 3 fully saturated rings. The lowest BCUT2D eigenvalue weighted by molar-refractivity contribution is 0.0346. The quantitative estimate of drug-likeness (QED) is 0.251. The molecule has 0 spiro atoms. The van der Waals surface area contributed by atoms with Crippen LogP contribution < -0.4 is 10.2 Å². The molecular formula is C33H38N8O4S2. The van der Waals surface area contributed by atoms with E-state index in [0.29, 0.717) is 35.9 Å². The molecule has 3 aliphatic rings. The van der Waals surface area contributed by atoms with Crippen LogP contribution in [0.3, 0.4) is 0 Å². The van der Waals surface area contributed by atoms with Crippen LogP contribution in [-0.4, -0.2) is 93.8 Å². The molecule has 0 radical (unpaired) electrons. The summed E-state index contributed by atoms with van der Waals surface area (Å²) < 4.78 is 31.7. The molecule has 0 aromatic carbocycles. The third-order valence-electron chi connectivity index (χ3n) is 8.98. The van der Waals surface area contributed by atoms with Crippen molar-refractivity contribution in [1.29, 1.82) is 0 Å². The molecule has 2 N–H and O–H groups in total. The van der Waals surface area contributed by atoms with Crippen LogP contribution in [0.5, 0.6) is 0 Å². The number of anilines is 3. The molecule has 7 rings (SSSR count). The van der Waals surface area contributed by atoms with Crippen molar-refractivity contribution in [2.75, 3.05) is 56.2 Å². The number of ether oxygens (including phenoxy) is 1. The van der Waals surface area contributed by atoms with Crippen LogP contribution in [-0.2, 0) is 21.3 Å². The summed E-state index contributed by atoms with van der Waals surface area (Å²) in [6, 6.07) is 7.97. The minimum absolute atomic E-state index is 0.0898. The molecule has 0 unspecified atom stereocenters. The third-order valence-corrected chi connectivity index (χ3v) is 12.0. The average molecular weight is 675 g/mol. The van der Waals surface area contributed by atoms with Gasteiger partial charge < -0.3 is 20.1 Å². The van der Waals surface area contributed by atoms with Gasteiger partial charge in [0.25, 0.3) is 10.0 Å². The lowest BCUT2D eigenvalue weighted by atomic mass is 9.81. The van der Waals surface area contributed by atoms with Gasteiger partial charge in [-0.2, -0.15) is 9.19 Å². The van der Waals surface area contributed by atoms with E-state index in [1.165, 1.54) is 17.3 Å². The summed E-state index contributed by atoms with van der Waals surface area (Å²) in [6.07, 6.45) is 9.41. The monoisotopic (exact) mass is 674 g/mol. The van der Waals surface area contributed by atoms with Gasteiger partial charge in [0, 0.05) is 62.7 Å². The Morgan fingerprint density at radius 3 is 2.64 bits per heavy atom. The lowest BCUT2D eigenvalue weighted by Crippen LogP contribution is -2.40. The van der Waals surface area contributed by atoms with Gasteiger partial charge >= 0.3 is 0 Å². The van der Waals surface area contributed by atoms with E-state index in [1.807, 2.05) is 6.07 Å². The number of aliphatic hydroxyl groups excluding tert-OH is 1. The van der Waals surface area contributed by atoms with Gasteiger partial charge in [-0.05, 0) is 49.3 Å². The first-order chi connectivity index (χ1) is 22.8. The van der Waals surface area contributed by atoms with Crippen molar-refractivity contribution in [3.8, 4) is 23.2 Å². The van der Waals surface area contributed by atoms with E-state index < -0.39 is 10.0 Å². The van der Waals surface area contributed by atoms with Crippen molar-refractivity contribution < 1.29 is 18.3 Å². The lowest BCUT2D eigenvalue weighted by Gasteiger charge is -2.39. The van der Waals surface area contributed by atoms with Crippen LogP contribution in [0.2, 0.25) is 0 Å². The van der Waals surface area contributed by atoms with Crippen molar-refractivity contribution in [2.45, 2.75) is 44.4 Å². The molecule has 0 bridgehead atoms. The predicted molar refractivity (Wildman–Crippen MR) is 181 cm³/mol. The summed E-state index contributed by atoms with van der Waals surface area (Å²) in [5.74, 6) is 8.23. The first-order valence-corrected chi connectivity index (χ1v) is 18.3. The van der Waals surface area contributed by atoms with Crippen LogP contribution >= 0.6 is 11.3 Å². The Morgan fingerprint density at radius 2 is 1.87 bits per heavy atom. The topological polar surface area (TPSA) is 139 Å². The maximum atomic E-state index is 12.6. The number of thiophene rings is 1. The minimum atomic E-state index is -3.48. The molecule has 6 heterocycles. The highest BCUT2D eigenvalue weighted by Gasteiger charge is 2.37. The number of nitrogens with one attached hydrogen (secondary N) is 1. The number of pyridine rings is 1. The number of hydrogen-bond donors (Lipinski definition) is 2. The van der Waals surface area contributed by atoms with Gasteiger partial charge in [-0.3, -0.25) is 4.90 Å². The van der Waals surface area contributed by atoms with E-state index in [-0.39, 0.29) is 17.3 Å². The average Bonchev–Trinajstić information content (AvgIpc) is 3.67. The van der Waals surface area contributed by atoms with Crippen molar-refractivity contribution >= 4 is 38.7 Å². The van der Waals surface area contributed by atoms with Crippen LogP contribution in [0.15, 0.2) is 49.1 Å². The Kier molecular flexibility index (Phi) is 8.99. The highest BCUT2D eigenvalue weighted by Crippen LogP contribution is 2.35. The standard InChI is InChI=1S/C33H38N8O4S2/c1-33(23-42)9-12-40(13-10-33)29-18-31(35-19-24(29)2-3-26-4-5-27(46-26)22-39-14-16-45-17-15-39)37-30-8-11-34-32(38-30)25-20-36-41(21-25)47(43,44)28-6-7-28/h4-5,8,11,18-21,28,42H,6-7,9-10,12-17,22-23H2,1H3,(H,34,35,37,38). The molecule has 2 saturated heterocycles. The molecule has 1 saturated carbocycles. The summed E-state index contributed by atoms with van der Waals surface area (Å²) in [4.78, 5) is 20.7. The molecule has 1 aliphatic carbocycles. The van der Waals surface area contributed by atoms with Crippen LogP contribution in [0.4, 0.5) is 17.3 Å². The first kappa shape index (κ1) is 31.7. The van der Waals surface area contributed by atoms with Gasteiger partial charge in [0.05, 0.1) is 52.5 Å². The molecule has 14 heteroatoms. The molecule has 2 aliphatic heterocycles. The van der Waals surface area contributed by atoms with Gasteiger partial charge in [0.2, 0.25) is 0 Å². The number of hydrogen-bond acceptors (Lipinski definition) is 12. The Bertz CT molecular complexity index is 1900. The van der Waals surface area contributed by atoms with E-state index >= 15 is 0 Å². The molecule has 12 nitrogen and oxygen atoms in total. The van der Waals surface area contributed by atoms with Crippen molar-refractivity contribution in [3.63, 3.8) is 0 Å². The molecular weight excluding hydrogens is 637 g/mol. The normalized spacial score (nSPS) is 18.5. The predicted octanol–water partition coefficient (Wildman–Crippen LogP) is 3.71. The van der Waals surface area contributed by atoms with Gasteiger partial charge in [-0.25, -0.2) is 23.4 Å². The van der Waals surface area contributed by atoms with Gasteiger partial charge in [0.1, 0.15) is 11.6 Å². The number of nitrogens with zero attached hydrogens (tertiary/aromatic N) is 7. The second kappa shape index (κ2) is 13.3. The zero-order valence-electron chi connectivity index (χ0n) is 26.3. The Balaban J connectivity index is 1.12. The van der Waals surface area contributed by atoms with Crippen LogP contribution in [0, 0.1) is 17.3 Å². The fourth-order valence-electron chi connectivity index (χ4n) is 5.73. The maximum absolute atomic E-state index is 12.6. The van der Waals surface area contributed by atoms with E-state index in [4.69, 9.17) is 4.74 Å². The molecule has 4 aromatic heterocycles. The Morgan fingerprint density at radius 1 is 1.06 bits per heavy atom. The Labute approximate surface area is 278 Å². The fraction of sp³-hybridized carbons (Fsp3) is 0.455. The number of aliphatic hydroxyl groups is 1. The molecule has 47 heavy (non-hydrogen) atoms. The summed E-state index contributed by atoms with van der Waals surface area (Å²) in [5, 5.41) is 16.9. The van der Waals surface area contributed by atoms with E-state index in [9.17, 15) is 13.5 Å². The first-order valence-electron chi connectivity index (χ1n) is 15.9. The zero-order chi connectivity index (χ0) is 32.4. The number of piperidine rings is 1. The molecule has 4 aromatic rings. The van der Waals surface area contributed by atoms with E-state index in [1.54, 1.807) is 29.8 Å². The smallest absolute Gasteiger partial charge is 0.256 e. The summed E-state index contributed by atoms with van der Waals surface area (Å²) in [5.41, 5.74) is 2.23. The zero-order valence-corrected chi connectivity index (χ0v) is 27.9. The highest BCUT2D eigenvalue weighted by molar-refractivity contribution is 7.90. The van der Waals surface area contributed by atoms with Crippen LogP contribution in [0.25, 0.3) is 11.4 Å². The summed E-state index contributed by atoms with van der Waals surface area (Å²) >= 11 is 1.72. The number of aromatic nitrogens is 5. The van der Waals surface area contributed by atoms with Gasteiger partial charge in [-0.15, -0.1) is 11.3 Å². The highest BCUT2D eigenvalue weighted by atomic mass is 32.2. The third kappa shape index (κ3) is 7.34. The number of morpholine rings is 1. The maximum Gasteiger partial charge on any atom is 0.256 e. The van der Waals surface area contributed by atoms with Crippen molar-refractivity contribution in [3.05, 3.63) is 64.4 Å². The number of rotatable bonds is 9. The Hall–Kier alpha value is -3.87. The molecule has 246 valence electrons. The second-order valence-electron chi connectivity index (χ2n) is 12.7. The fourth-order valence-corrected chi connectivity index (χ4v) is 8.11. The SMILES string of the molecule is CC1(CO)CCN(c2cc(Nc3ccnc(-c4cnn(S(=O)(=O)C5CC5)c4)n3)ncc2C#Cc2ccc(CN3CCOCC3)s2)CC1. The summed E-state index contributed by atoms with van der Waals surface area (Å²) in [7, 11) is -3.48. The van der Waals surface area contributed by atoms with Gasteiger partial charge in [0.15, 0.2) is 5.82 Å². The van der Waals surface area contributed by atoms with Gasteiger partial charge in [-0.1, -0.05) is 18.8 Å².